The van der Waals surface area contributed by atoms with E-state index in [1.165, 1.54) is 4.90 Å². The van der Waals surface area contributed by atoms with Crippen LogP contribution in [-0.2, 0) is 16.1 Å². The van der Waals surface area contributed by atoms with Crippen molar-refractivity contribution < 1.29 is 14.3 Å². The third kappa shape index (κ3) is 7.41. The average Bonchev–Trinajstić information content (AvgIpc) is 2.70. The molecule has 0 saturated heterocycles. The summed E-state index contributed by atoms with van der Waals surface area (Å²) in [4.78, 5) is 27.5. The number of carbonyl (C=O) groups is 2. The van der Waals surface area contributed by atoms with E-state index in [1.807, 2.05) is 39.8 Å². The van der Waals surface area contributed by atoms with Crippen molar-refractivity contribution in [1.29, 1.82) is 0 Å². The highest BCUT2D eigenvalue weighted by molar-refractivity contribution is 9.10. The van der Waals surface area contributed by atoms with E-state index in [2.05, 4.69) is 21.2 Å². The lowest BCUT2D eigenvalue weighted by Crippen LogP contribution is -2.51. The first-order valence-corrected chi connectivity index (χ1v) is 11.6. The summed E-state index contributed by atoms with van der Waals surface area (Å²) in [7, 11) is 0. The van der Waals surface area contributed by atoms with Crippen molar-refractivity contribution in [2.45, 2.75) is 52.7 Å². The van der Waals surface area contributed by atoms with Gasteiger partial charge in [-0.1, -0.05) is 52.1 Å². The Kier molecular flexibility index (Phi) is 9.66. The van der Waals surface area contributed by atoms with Crippen LogP contribution in [0, 0.1) is 6.92 Å². The molecule has 0 unspecified atom stereocenters. The van der Waals surface area contributed by atoms with Gasteiger partial charge in [-0.15, -0.1) is 0 Å². The Morgan fingerprint density at radius 3 is 2.42 bits per heavy atom. The van der Waals surface area contributed by atoms with Crippen LogP contribution in [0.5, 0.6) is 5.75 Å². The molecule has 1 N–H and O–H groups in total. The molecular formula is C23H27BrCl2N2O3. The van der Waals surface area contributed by atoms with Crippen LogP contribution in [0.15, 0.2) is 40.9 Å². The molecule has 0 bridgehead atoms. The lowest BCUT2D eigenvalue weighted by Gasteiger charge is -2.31. The highest BCUT2D eigenvalue weighted by atomic mass is 79.9. The van der Waals surface area contributed by atoms with Gasteiger partial charge in [-0.3, -0.25) is 9.59 Å². The fraction of sp³-hybridized carbons (Fsp3) is 0.391. The van der Waals surface area contributed by atoms with Gasteiger partial charge in [0.25, 0.3) is 5.91 Å². The number of ether oxygens (including phenoxy) is 1. The topological polar surface area (TPSA) is 58.6 Å². The monoisotopic (exact) mass is 528 g/mol. The minimum atomic E-state index is -0.639. The maximum Gasteiger partial charge on any atom is 0.261 e. The van der Waals surface area contributed by atoms with Crippen molar-refractivity contribution in [2.24, 2.45) is 0 Å². The summed E-state index contributed by atoms with van der Waals surface area (Å²) < 4.78 is 6.69. The molecule has 0 saturated carbocycles. The third-order valence-corrected chi connectivity index (χ3v) is 6.27. The molecule has 2 rings (SSSR count). The average molecular weight is 530 g/mol. The number of halogens is 3. The molecule has 5 nitrogen and oxygen atoms in total. The second-order valence-corrected chi connectivity index (χ2v) is 9.23. The van der Waals surface area contributed by atoms with Gasteiger partial charge in [0.1, 0.15) is 11.8 Å². The maximum atomic E-state index is 13.2. The SMILES string of the molecule is CC[C@H](C(=O)NC(C)C)N(Cc1ccc(Cl)c(Cl)c1)C(=O)COc1ccc(Br)c(C)c1. The minimum Gasteiger partial charge on any atom is -0.484 e. The van der Waals surface area contributed by atoms with Gasteiger partial charge < -0.3 is 15.0 Å². The van der Waals surface area contributed by atoms with E-state index in [1.54, 1.807) is 24.3 Å². The molecule has 2 aromatic rings. The van der Waals surface area contributed by atoms with E-state index in [0.29, 0.717) is 22.2 Å². The number of amides is 2. The molecule has 8 heteroatoms. The molecule has 0 aliphatic rings. The van der Waals surface area contributed by atoms with E-state index >= 15 is 0 Å². The van der Waals surface area contributed by atoms with Crippen LogP contribution in [0.2, 0.25) is 10.0 Å². The number of aryl methyl sites for hydroxylation is 1. The molecule has 1 atom stereocenters. The summed E-state index contributed by atoms with van der Waals surface area (Å²) >= 11 is 15.6. The Hall–Kier alpha value is -1.76. The van der Waals surface area contributed by atoms with Gasteiger partial charge in [-0.25, -0.2) is 0 Å². The van der Waals surface area contributed by atoms with Gasteiger partial charge in [0, 0.05) is 17.1 Å². The zero-order valence-electron chi connectivity index (χ0n) is 18.0. The number of nitrogens with one attached hydrogen (secondary N) is 1. The van der Waals surface area contributed by atoms with Gasteiger partial charge in [0.05, 0.1) is 10.0 Å². The Balaban J connectivity index is 2.25. The van der Waals surface area contributed by atoms with Crippen molar-refractivity contribution in [2.75, 3.05) is 6.61 Å². The first-order chi connectivity index (χ1) is 14.6. The lowest BCUT2D eigenvalue weighted by atomic mass is 10.1. The van der Waals surface area contributed by atoms with Crippen LogP contribution in [0.1, 0.15) is 38.3 Å². The van der Waals surface area contributed by atoms with Crippen LogP contribution in [0.25, 0.3) is 0 Å². The molecule has 0 radical (unpaired) electrons. The number of hydrogen-bond donors (Lipinski definition) is 1. The quantitative estimate of drug-likeness (QED) is 0.448. The summed E-state index contributed by atoms with van der Waals surface area (Å²) in [6.45, 7) is 7.61. The minimum absolute atomic E-state index is 0.0366. The zero-order valence-corrected chi connectivity index (χ0v) is 21.1. The van der Waals surface area contributed by atoms with E-state index in [9.17, 15) is 9.59 Å². The van der Waals surface area contributed by atoms with Crippen LogP contribution in [0.4, 0.5) is 0 Å². The van der Waals surface area contributed by atoms with E-state index in [0.717, 1.165) is 15.6 Å². The molecular weight excluding hydrogens is 503 g/mol. The van der Waals surface area contributed by atoms with Crippen LogP contribution in [0.3, 0.4) is 0 Å². The fourth-order valence-corrected chi connectivity index (χ4v) is 3.64. The molecule has 0 spiro atoms. The Bertz CT molecular complexity index is 937. The number of carbonyl (C=O) groups excluding carboxylic acids is 2. The van der Waals surface area contributed by atoms with Crippen LogP contribution < -0.4 is 10.1 Å². The molecule has 0 fully saturated rings. The largest absolute Gasteiger partial charge is 0.484 e. The summed E-state index contributed by atoms with van der Waals surface area (Å²) in [6, 6.07) is 10.0. The van der Waals surface area contributed by atoms with Gasteiger partial charge in [-0.2, -0.15) is 0 Å². The van der Waals surface area contributed by atoms with Crippen molar-refractivity contribution >= 4 is 50.9 Å². The third-order valence-electron chi connectivity index (χ3n) is 4.65. The first-order valence-electron chi connectivity index (χ1n) is 10.0. The predicted octanol–water partition coefficient (Wildman–Crippen LogP) is 5.78. The van der Waals surface area contributed by atoms with Crippen molar-refractivity contribution in [1.82, 2.24) is 10.2 Å². The predicted molar refractivity (Wildman–Crippen MR) is 129 cm³/mol. The van der Waals surface area contributed by atoms with Gasteiger partial charge in [-0.05, 0) is 68.7 Å². The molecule has 0 aromatic heterocycles. The second-order valence-electron chi connectivity index (χ2n) is 7.56. The summed E-state index contributed by atoms with van der Waals surface area (Å²) in [5.41, 5.74) is 1.78. The molecule has 2 aromatic carbocycles. The second kappa shape index (κ2) is 11.7. The molecule has 2 amide bonds. The molecule has 0 heterocycles. The van der Waals surface area contributed by atoms with Gasteiger partial charge in [0.15, 0.2) is 6.61 Å². The summed E-state index contributed by atoms with van der Waals surface area (Å²) in [6.07, 6.45) is 0.461. The number of rotatable bonds is 9. The summed E-state index contributed by atoms with van der Waals surface area (Å²) in [5.74, 6) is 0.0889. The first kappa shape index (κ1) is 25.5. The van der Waals surface area contributed by atoms with Gasteiger partial charge in [0.2, 0.25) is 5.91 Å². The van der Waals surface area contributed by atoms with Crippen molar-refractivity contribution in [3.8, 4) is 5.75 Å². The van der Waals surface area contributed by atoms with Crippen LogP contribution >= 0.6 is 39.1 Å². The van der Waals surface area contributed by atoms with E-state index < -0.39 is 6.04 Å². The van der Waals surface area contributed by atoms with Crippen LogP contribution in [-0.4, -0.2) is 35.4 Å². The van der Waals surface area contributed by atoms with E-state index in [4.69, 9.17) is 27.9 Å². The molecule has 31 heavy (non-hydrogen) atoms. The normalized spacial score (nSPS) is 11.9. The summed E-state index contributed by atoms with van der Waals surface area (Å²) in [5, 5.41) is 3.73. The Labute approximate surface area is 202 Å². The molecule has 0 aliphatic heterocycles. The Morgan fingerprint density at radius 2 is 1.84 bits per heavy atom. The molecule has 168 valence electrons. The smallest absolute Gasteiger partial charge is 0.261 e. The number of benzene rings is 2. The van der Waals surface area contributed by atoms with Crippen molar-refractivity contribution in [3.63, 3.8) is 0 Å². The number of hydrogen-bond acceptors (Lipinski definition) is 3. The van der Waals surface area contributed by atoms with Crippen molar-refractivity contribution in [3.05, 3.63) is 62.0 Å². The Morgan fingerprint density at radius 1 is 1.13 bits per heavy atom. The molecule has 0 aliphatic carbocycles. The van der Waals surface area contributed by atoms with E-state index in [-0.39, 0.29) is 31.0 Å². The van der Waals surface area contributed by atoms with Gasteiger partial charge >= 0.3 is 0 Å². The lowest BCUT2D eigenvalue weighted by molar-refractivity contribution is -0.143. The maximum absolute atomic E-state index is 13.2. The standard InChI is InChI=1S/C23H27BrCl2N2O3/c1-5-21(23(30)27-14(2)3)28(12-16-6-9-19(25)20(26)11-16)22(29)13-31-17-7-8-18(24)15(4)10-17/h6-11,14,21H,5,12-13H2,1-4H3,(H,27,30)/t21-/m1/s1. The number of nitrogens with zero attached hydrogens (tertiary/aromatic N) is 1. The highest BCUT2D eigenvalue weighted by Gasteiger charge is 2.29. The fourth-order valence-electron chi connectivity index (χ4n) is 3.07. The zero-order chi connectivity index (χ0) is 23.1. The highest BCUT2D eigenvalue weighted by Crippen LogP contribution is 2.25.